The fraction of sp³-hybridized carbons (Fsp3) is 0.200. The van der Waals surface area contributed by atoms with E-state index in [1.165, 1.54) is 23.7 Å². The summed E-state index contributed by atoms with van der Waals surface area (Å²) in [6, 6.07) is 14.8. The molecule has 0 aliphatic carbocycles. The van der Waals surface area contributed by atoms with E-state index in [-0.39, 0.29) is 11.7 Å². The molecule has 3 nitrogen and oxygen atoms in total. The Kier molecular flexibility index (Phi) is 5.56. The maximum atomic E-state index is 12.7. The first kappa shape index (κ1) is 17.7. The van der Waals surface area contributed by atoms with Crippen molar-refractivity contribution in [3.63, 3.8) is 0 Å². The molecule has 1 heterocycles. The normalized spacial score (nSPS) is 16.0. The van der Waals surface area contributed by atoms with Gasteiger partial charge < -0.3 is 5.11 Å². The average Bonchev–Trinajstić information content (AvgIpc) is 2.89. The van der Waals surface area contributed by atoms with Gasteiger partial charge in [-0.3, -0.25) is 9.69 Å². The minimum Gasteiger partial charge on any atom is -0.508 e. The molecule has 0 spiro atoms. The van der Waals surface area contributed by atoms with Crippen LogP contribution in [-0.4, -0.2) is 15.3 Å². The van der Waals surface area contributed by atoms with E-state index in [0.29, 0.717) is 9.23 Å². The number of unbranched alkanes of at least 4 members (excludes halogenated alkanes) is 1. The zero-order valence-electron chi connectivity index (χ0n) is 13.9. The molecule has 0 atom stereocenters. The van der Waals surface area contributed by atoms with Crippen molar-refractivity contribution in [1.29, 1.82) is 0 Å². The highest BCUT2D eigenvalue weighted by molar-refractivity contribution is 8.27. The van der Waals surface area contributed by atoms with Crippen LogP contribution in [0.3, 0.4) is 0 Å². The SMILES string of the molecule is CCCCc1ccc(N2C(=O)/C(=C/c3ccc(O)cc3)SC2=S)cc1. The van der Waals surface area contributed by atoms with E-state index in [0.717, 1.165) is 24.1 Å². The van der Waals surface area contributed by atoms with Gasteiger partial charge in [0.1, 0.15) is 5.75 Å². The lowest BCUT2D eigenvalue weighted by Gasteiger charge is -2.15. The monoisotopic (exact) mass is 369 g/mol. The van der Waals surface area contributed by atoms with Crippen LogP contribution in [0.5, 0.6) is 5.75 Å². The highest BCUT2D eigenvalue weighted by Crippen LogP contribution is 2.36. The van der Waals surface area contributed by atoms with Crippen LogP contribution < -0.4 is 4.90 Å². The van der Waals surface area contributed by atoms with Gasteiger partial charge in [0.2, 0.25) is 0 Å². The van der Waals surface area contributed by atoms with Gasteiger partial charge in [0.25, 0.3) is 5.91 Å². The first-order chi connectivity index (χ1) is 12.1. The number of hydrogen-bond acceptors (Lipinski definition) is 4. The van der Waals surface area contributed by atoms with Crippen molar-refractivity contribution < 1.29 is 9.90 Å². The molecule has 1 saturated heterocycles. The second kappa shape index (κ2) is 7.85. The smallest absolute Gasteiger partial charge is 0.270 e. The molecule has 2 aromatic rings. The third kappa shape index (κ3) is 4.11. The molecular formula is C20H19NO2S2. The summed E-state index contributed by atoms with van der Waals surface area (Å²) in [7, 11) is 0. The van der Waals surface area contributed by atoms with Gasteiger partial charge in [0.05, 0.1) is 10.6 Å². The Balaban J connectivity index is 1.80. The zero-order chi connectivity index (χ0) is 17.8. The Morgan fingerprint density at radius 1 is 1.12 bits per heavy atom. The standard InChI is InChI=1S/C20H19NO2S2/c1-2-3-4-14-5-9-16(10-6-14)21-19(23)18(25-20(21)24)13-15-7-11-17(22)12-8-15/h5-13,22H,2-4H2,1H3/b18-13-. The largest absolute Gasteiger partial charge is 0.508 e. The molecule has 5 heteroatoms. The number of amides is 1. The summed E-state index contributed by atoms with van der Waals surface area (Å²) in [5, 5.41) is 9.36. The summed E-state index contributed by atoms with van der Waals surface area (Å²) < 4.78 is 0.538. The molecule has 25 heavy (non-hydrogen) atoms. The molecule has 1 aliphatic rings. The van der Waals surface area contributed by atoms with Crippen molar-refractivity contribution in [2.75, 3.05) is 4.90 Å². The van der Waals surface area contributed by atoms with E-state index in [9.17, 15) is 9.90 Å². The molecule has 1 N–H and O–H groups in total. The molecule has 0 unspecified atom stereocenters. The van der Waals surface area contributed by atoms with Gasteiger partial charge >= 0.3 is 0 Å². The summed E-state index contributed by atoms with van der Waals surface area (Å²) >= 11 is 6.70. The number of rotatable bonds is 5. The predicted molar refractivity (Wildman–Crippen MR) is 109 cm³/mol. The van der Waals surface area contributed by atoms with E-state index in [4.69, 9.17) is 12.2 Å². The number of nitrogens with zero attached hydrogens (tertiary/aromatic N) is 1. The fourth-order valence-electron chi connectivity index (χ4n) is 2.60. The Morgan fingerprint density at radius 2 is 1.80 bits per heavy atom. The number of thioether (sulfide) groups is 1. The van der Waals surface area contributed by atoms with E-state index < -0.39 is 0 Å². The van der Waals surface area contributed by atoms with Crippen molar-refractivity contribution in [2.24, 2.45) is 0 Å². The number of hydrogen-bond donors (Lipinski definition) is 1. The molecule has 0 saturated carbocycles. The van der Waals surface area contributed by atoms with Gasteiger partial charge in [-0.1, -0.05) is 61.6 Å². The second-order valence-electron chi connectivity index (χ2n) is 5.88. The zero-order valence-corrected chi connectivity index (χ0v) is 15.6. The van der Waals surface area contributed by atoms with Crippen molar-refractivity contribution in [2.45, 2.75) is 26.2 Å². The third-order valence-corrected chi connectivity index (χ3v) is 5.30. The van der Waals surface area contributed by atoms with Crippen molar-refractivity contribution in [1.82, 2.24) is 0 Å². The van der Waals surface area contributed by atoms with Crippen molar-refractivity contribution >= 4 is 46.0 Å². The molecule has 1 amide bonds. The molecule has 128 valence electrons. The summed E-state index contributed by atoms with van der Waals surface area (Å²) in [6.45, 7) is 2.18. The highest BCUT2D eigenvalue weighted by Gasteiger charge is 2.33. The molecule has 0 radical (unpaired) electrons. The predicted octanol–water partition coefficient (Wildman–Crippen LogP) is 5.14. The topological polar surface area (TPSA) is 40.5 Å². The van der Waals surface area contributed by atoms with E-state index in [1.54, 1.807) is 35.2 Å². The molecular weight excluding hydrogens is 350 g/mol. The number of carbonyl (C=O) groups is 1. The Morgan fingerprint density at radius 3 is 2.44 bits per heavy atom. The molecule has 3 rings (SSSR count). The van der Waals surface area contributed by atoms with Crippen LogP contribution in [0.2, 0.25) is 0 Å². The quantitative estimate of drug-likeness (QED) is 0.585. The lowest BCUT2D eigenvalue weighted by Crippen LogP contribution is -2.27. The molecule has 0 aromatic heterocycles. The maximum absolute atomic E-state index is 12.7. The Labute approximate surface area is 157 Å². The van der Waals surface area contributed by atoms with Gasteiger partial charge in [-0.25, -0.2) is 0 Å². The number of phenolic OH excluding ortho intramolecular Hbond substituents is 1. The minimum atomic E-state index is -0.107. The van der Waals surface area contributed by atoms with Gasteiger partial charge in [0.15, 0.2) is 4.32 Å². The number of carbonyl (C=O) groups excluding carboxylic acids is 1. The molecule has 2 aromatic carbocycles. The number of benzene rings is 2. The second-order valence-corrected chi connectivity index (χ2v) is 7.55. The summed E-state index contributed by atoms with van der Waals surface area (Å²) in [5.74, 6) is 0.0947. The van der Waals surface area contributed by atoms with Crippen LogP contribution in [0.15, 0.2) is 53.4 Å². The van der Waals surface area contributed by atoms with E-state index >= 15 is 0 Å². The summed E-state index contributed by atoms with van der Waals surface area (Å²) in [5.41, 5.74) is 2.93. The summed E-state index contributed by atoms with van der Waals surface area (Å²) in [6.07, 6.45) is 5.18. The van der Waals surface area contributed by atoms with Crippen LogP contribution >= 0.6 is 24.0 Å². The number of thiocarbonyl (C=S) groups is 1. The number of aromatic hydroxyl groups is 1. The number of aryl methyl sites for hydroxylation is 1. The van der Waals surface area contributed by atoms with Crippen molar-refractivity contribution in [3.05, 3.63) is 64.6 Å². The fourth-order valence-corrected chi connectivity index (χ4v) is 3.90. The van der Waals surface area contributed by atoms with Gasteiger partial charge in [-0.2, -0.15) is 0 Å². The highest BCUT2D eigenvalue weighted by atomic mass is 32.2. The van der Waals surface area contributed by atoms with Gasteiger partial charge in [-0.15, -0.1) is 0 Å². The summed E-state index contributed by atoms with van der Waals surface area (Å²) in [4.78, 5) is 14.9. The van der Waals surface area contributed by atoms with Crippen LogP contribution in [-0.2, 0) is 11.2 Å². The minimum absolute atomic E-state index is 0.107. The lowest BCUT2D eigenvalue weighted by molar-refractivity contribution is -0.113. The van der Waals surface area contributed by atoms with Crippen molar-refractivity contribution in [3.8, 4) is 5.75 Å². The van der Waals surface area contributed by atoms with E-state index in [2.05, 4.69) is 19.1 Å². The lowest BCUT2D eigenvalue weighted by atomic mass is 10.1. The van der Waals surface area contributed by atoms with Gasteiger partial charge in [0, 0.05) is 0 Å². The van der Waals surface area contributed by atoms with Crippen LogP contribution in [0, 0.1) is 0 Å². The first-order valence-electron chi connectivity index (χ1n) is 8.24. The Hall–Kier alpha value is -2.11. The van der Waals surface area contributed by atoms with Crippen LogP contribution in [0.4, 0.5) is 5.69 Å². The maximum Gasteiger partial charge on any atom is 0.270 e. The molecule has 1 fully saturated rings. The molecule has 0 bridgehead atoms. The average molecular weight is 370 g/mol. The van der Waals surface area contributed by atoms with Crippen LogP contribution in [0.1, 0.15) is 30.9 Å². The third-order valence-electron chi connectivity index (χ3n) is 4.00. The van der Waals surface area contributed by atoms with E-state index in [1.807, 2.05) is 12.1 Å². The number of phenols is 1. The Bertz CT molecular complexity index is 811. The van der Waals surface area contributed by atoms with Crippen LogP contribution in [0.25, 0.3) is 6.08 Å². The van der Waals surface area contributed by atoms with Gasteiger partial charge in [-0.05, 0) is 54.3 Å². The first-order valence-corrected chi connectivity index (χ1v) is 9.47. The molecule has 1 aliphatic heterocycles. The number of anilines is 1.